The fraction of sp³-hybridized carbons (Fsp3) is 0.333. The molecule has 2 N–H and O–H groups in total. The highest BCUT2D eigenvalue weighted by atomic mass is 32.2. The van der Waals surface area contributed by atoms with E-state index in [0.717, 1.165) is 0 Å². The lowest BCUT2D eigenvalue weighted by molar-refractivity contribution is 0.301. The van der Waals surface area contributed by atoms with Crippen molar-refractivity contribution in [3.63, 3.8) is 0 Å². The van der Waals surface area contributed by atoms with E-state index >= 15 is 0 Å². The van der Waals surface area contributed by atoms with Crippen molar-refractivity contribution in [3.8, 4) is 0 Å². The van der Waals surface area contributed by atoms with Gasteiger partial charge in [-0.05, 0) is 31.0 Å². The highest BCUT2D eigenvalue weighted by Gasteiger charge is 2.23. The highest BCUT2D eigenvalue weighted by molar-refractivity contribution is 7.87. The maximum absolute atomic E-state index is 11.7. The van der Waals surface area contributed by atoms with Gasteiger partial charge in [0.2, 0.25) is 0 Å². The predicted octanol–water partition coefficient (Wildman–Crippen LogP) is 1.14. The van der Waals surface area contributed by atoms with E-state index in [1.54, 1.807) is 26.0 Å². The molecule has 0 aliphatic carbocycles. The normalized spacial score (nSPS) is 12.7. The second-order valence-electron chi connectivity index (χ2n) is 3.63. The second kappa shape index (κ2) is 4.88. The van der Waals surface area contributed by atoms with E-state index in [9.17, 15) is 13.0 Å². The van der Waals surface area contributed by atoms with Gasteiger partial charge in [-0.3, -0.25) is 8.75 Å². The summed E-state index contributed by atoms with van der Waals surface area (Å²) in [4.78, 5) is 17.1. The Morgan fingerprint density at radius 1 is 1.29 bits per heavy atom. The maximum atomic E-state index is 11.7. The van der Waals surface area contributed by atoms with Gasteiger partial charge in [0.25, 0.3) is 10.1 Å². The van der Waals surface area contributed by atoms with Crippen molar-refractivity contribution in [2.24, 2.45) is 0 Å². The lowest BCUT2D eigenvalue weighted by Gasteiger charge is -2.09. The van der Waals surface area contributed by atoms with Gasteiger partial charge in [-0.15, -0.1) is 0 Å². The third kappa shape index (κ3) is 4.22. The molecule has 17 heavy (non-hydrogen) atoms. The van der Waals surface area contributed by atoms with Crippen LogP contribution in [0.3, 0.4) is 0 Å². The third-order valence-corrected chi connectivity index (χ3v) is 4.04. The minimum atomic E-state index is -4.51. The molecule has 0 saturated carbocycles. The predicted molar refractivity (Wildman–Crippen MR) is 61.1 cm³/mol. The van der Waals surface area contributed by atoms with Crippen LogP contribution in [0, 0.1) is 13.8 Å². The molecule has 0 unspecified atom stereocenters. The second-order valence-corrected chi connectivity index (χ2v) is 6.81. The number of benzene rings is 1. The molecule has 1 aromatic carbocycles. The van der Waals surface area contributed by atoms with Crippen LogP contribution in [0.2, 0.25) is 0 Å². The van der Waals surface area contributed by atoms with E-state index in [4.69, 9.17) is 9.79 Å². The van der Waals surface area contributed by atoms with Crippen LogP contribution in [0.25, 0.3) is 0 Å². The molecule has 0 heterocycles. The average Bonchev–Trinajstić information content (AvgIpc) is 2.18. The van der Waals surface area contributed by atoms with Gasteiger partial charge in [-0.1, -0.05) is 12.1 Å². The monoisotopic (exact) mass is 280 g/mol. The molecule has 0 aromatic heterocycles. The fourth-order valence-electron chi connectivity index (χ4n) is 1.18. The Bertz CT molecular complexity index is 559. The zero-order chi connectivity index (χ0) is 13.3. The third-order valence-electron chi connectivity index (χ3n) is 1.99. The van der Waals surface area contributed by atoms with Crippen LogP contribution in [0.4, 0.5) is 0 Å². The standard InChI is InChI=1S/C9H13O6PS/c1-7-3-4-8(2)9(5-7)17(13,14)15-6-16(10,11)12/h3-5H,6H2,1-2H3,(H2,10,11,12). The molecule has 0 radical (unpaired) electrons. The molecule has 0 bridgehead atoms. The lowest BCUT2D eigenvalue weighted by Crippen LogP contribution is -2.09. The molecule has 0 atom stereocenters. The lowest BCUT2D eigenvalue weighted by atomic mass is 10.2. The number of hydrogen-bond acceptors (Lipinski definition) is 4. The van der Waals surface area contributed by atoms with Gasteiger partial charge in [0.15, 0.2) is 6.35 Å². The van der Waals surface area contributed by atoms with Gasteiger partial charge in [0.1, 0.15) is 0 Å². The molecule has 0 aliphatic rings. The van der Waals surface area contributed by atoms with Crippen LogP contribution in [0.5, 0.6) is 0 Å². The summed E-state index contributed by atoms with van der Waals surface area (Å²) in [5.41, 5.74) is 1.18. The first-order valence-corrected chi connectivity index (χ1v) is 7.84. The van der Waals surface area contributed by atoms with Gasteiger partial charge in [0.05, 0.1) is 4.90 Å². The van der Waals surface area contributed by atoms with Crippen molar-refractivity contribution in [3.05, 3.63) is 29.3 Å². The van der Waals surface area contributed by atoms with Crippen molar-refractivity contribution in [1.82, 2.24) is 0 Å². The van der Waals surface area contributed by atoms with Crippen LogP contribution in [0.15, 0.2) is 23.1 Å². The minimum absolute atomic E-state index is 0.0778. The van der Waals surface area contributed by atoms with E-state index in [2.05, 4.69) is 4.18 Å². The Morgan fingerprint density at radius 3 is 2.41 bits per heavy atom. The summed E-state index contributed by atoms with van der Waals surface area (Å²) in [6, 6.07) is 4.73. The zero-order valence-corrected chi connectivity index (χ0v) is 11.0. The number of aryl methyl sites for hydroxylation is 2. The van der Waals surface area contributed by atoms with Gasteiger partial charge >= 0.3 is 7.60 Å². The number of rotatable bonds is 4. The molecule has 8 heteroatoms. The molecule has 1 rings (SSSR count). The Morgan fingerprint density at radius 2 is 1.88 bits per heavy atom. The zero-order valence-electron chi connectivity index (χ0n) is 9.32. The Balaban J connectivity index is 3.06. The Kier molecular flexibility index (Phi) is 4.11. The Hall–Kier alpha value is -0.720. The van der Waals surface area contributed by atoms with E-state index in [0.29, 0.717) is 11.1 Å². The first-order valence-electron chi connectivity index (χ1n) is 4.63. The van der Waals surface area contributed by atoms with Crippen LogP contribution < -0.4 is 0 Å². The van der Waals surface area contributed by atoms with Gasteiger partial charge < -0.3 is 9.79 Å². The molecule has 0 saturated heterocycles. The van der Waals surface area contributed by atoms with E-state index < -0.39 is 24.1 Å². The van der Waals surface area contributed by atoms with E-state index in [1.165, 1.54) is 6.07 Å². The smallest absolute Gasteiger partial charge is 0.323 e. The highest BCUT2D eigenvalue weighted by Crippen LogP contribution is 2.35. The molecule has 0 spiro atoms. The summed E-state index contributed by atoms with van der Waals surface area (Å²) in [6.07, 6.45) is -1.15. The summed E-state index contributed by atoms with van der Waals surface area (Å²) in [5.74, 6) is 0. The summed E-state index contributed by atoms with van der Waals surface area (Å²) >= 11 is 0. The minimum Gasteiger partial charge on any atom is -0.323 e. The SMILES string of the molecule is Cc1ccc(C)c(S(=O)(=O)OCP(=O)(O)O)c1. The van der Waals surface area contributed by atoms with Crippen molar-refractivity contribution in [2.45, 2.75) is 18.7 Å². The first kappa shape index (κ1) is 14.3. The quantitative estimate of drug-likeness (QED) is 0.633. The van der Waals surface area contributed by atoms with E-state index in [1.807, 2.05) is 0 Å². The van der Waals surface area contributed by atoms with Crippen LogP contribution in [-0.2, 0) is 18.9 Å². The molecular weight excluding hydrogens is 267 g/mol. The van der Waals surface area contributed by atoms with Crippen LogP contribution in [-0.4, -0.2) is 24.6 Å². The van der Waals surface area contributed by atoms with Crippen molar-refractivity contribution >= 4 is 17.7 Å². The summed E-state index contributed by atoms with van der Waals surface area (Å²) in [5, 5.41) is 0. The van der Waals surface area contributed by atoms with E-state index in [-0.39, 0.29) is 4.90 Å². The Labute approximate surface area is 99.5 Å². The maximum Gasteiger partial charge on any atom is 0.352 e. The molecular formula is C9H13O6PS. The van der Waals surface area contributed by atoms with Gasteiger partial charge in [0, 0.05) is 0 Å². The first-order chi connectivity index (χ1) is 7.62. The topological polar surface area (TPSA) is 101 Å². The van der Waals surface area contributed by atoms with Crippen LogP contribution in [0.1, 0.15) is 11.1 Å². The molecule has 6 nitrogen and oxygen atoms in total. The van der Waals surface area contributed by atoms with Crippen LogP contribution >= 0.6 is 7.60 Å². The molecule has 0 fully saturated rings. The van der Waals surface area contributed by atoms with Crippen molar-refractivity contribution in [2.75, 3.05) is 6.35 Å². The summed E-state index contributed by atoms with van der Waals surface area (Å²) in [6.45, 7) is 3.29. The molecule has 1 aromatic rings. The number of hydrogen-bond donors (Lipinski definition) is 2. The van der Waals surface area contributed by atoms with Gasteiger partial charge in [-0.25, -0.2) is 0 Å². The molecule has 0 aliphatic heterocycles. The van der Waals surface area contributed by atoms with Gasteiger partial charge in [-0.2, -0.15) is 8.42 Å². The summed E-state index contributed by atoms with van der Waals surface area (Å²) in [7, 11) is -8.65. The molecule has 0 amide bonds. The summed E-state index contributed by atoms with van der Waals surface area (Å²) < 4.78 is 38.3. The largest absolute Gasteiger partial charge is 0.352 e. The van der Waals surface area contributed by atoms with Crippen molar-refractivity contribution < 1.29 is 27.0 Å². The fourth-order valence-corrected chi connectivity index (χ4v) is 3.20. The van der Waals surface area contributed by atoms with Crippen molar-refractivity contribution in [1.29, 1.82) is 0 Å². The molecule has 96 valence electrons. The average molecular weight is 280 g/mol.